The Morgan fingerprint density at radius 1 is 1.63 bits per heavy atom. The predicted molar refractivity (Wildman–Crippen MR) is 71.6 cm³/mol. The third-order valence-electron chi connectivity index (χ3n) is 3.25. The summed E-state index contributed by atoms with van der Waals surface area (Å²) in [5.41, 5.74) is 2.57. The van der Waals surface area contributed by atoms with Gasteiger partial charge in [-0.05, 0) is 25.7 Å². The molecule has 2 N–H and O–H groups in total. The summed E-state index contributed by atoms with van der Waals surface area (Å²) in [7, 11) is -3.34. The van der Waals surface area contributed by atoms with E-state index in [0.717, 1.165) is 10.6 Å². The molecule has 19 heavy (non-hydrogen) atoms. The summed E-state index contributed by atoms with van der Waals surface area (Å²) in [6.45, 7) is 2.08. The van der Waals surface area contributed by atoms with Crippen molar-refractivity contribution in [1.82, 2.24) is 9.71 Å². The lowest BCUT2D eigenvalue weighted by atomic mass is 10.3. The molecule has 1 heterocycles. The van der Waals surface area contributed by atoms with Gasteiger partial charge in [-0.1, -0.05) is 0 Å². The van der Waals surface area contributed by atoms with Crippen LogP contribution < -0.4 is 4.72 Å². The minimum atomic E-state index is -3.34. The Balaban J connectivity index is 1.77. The third kappa shape index (κ3) is 3.99. The van der Waals surface area contributed by atoms with E-state index >= 15 is 0 Å². The summed E-state index contributed by atoms with van der Waals surface area (Å²) in [4.78, 5) is 15.7. The second kappa shape index (κ2) is 5.56. The molecule has 106 valence electrons. The number of aromatic nitrogens is 1. The van der Waals surface area contributed by atoms with Gasteiger partial charge in [0.05, 0.1) is 22.9 Å². The molecule has 1 aromatic rings. The fraction of sp³-hybridized carbons (Fsp3) is 0.636. The highest BCUT2D eigenvalue weighted by atomic mass is 32.2. The smallest absolute Gasteiger partial charge is 0.306 e. The first kappa shape index (κ1) is 14.4. The van der Waals surface area contributed by atoms with Gasteiger partial charge in [-0.25, -0.2) is 18.1 Å². The van der Waals surface area contributed by atoms with Crippen molar-refractivity contribution in [2.75, 3.05) is 12.3 Å². The normalized spacial score (nSPS) is 22.4. The molecule has 0 radical (unpaired) electrons. The molecule has 2 atom stereocenters. The van der Waals surface area contributed by atoms with Crippen molar-refractivity contribution in [2.45, 2.75) is 19.8 Å². The largest absolute Gasteiger partial charge is 0.481 e. The minimum Gasteiger partial charge on any atom is -0.481 e. The molecule has 8 heteroatoms. The van der Waals surface area contributed by atoms with Crippen molar-refractivity contribution in [3.05, 3.63) is 16.1 Å². The summed E-state index contributed by atoms with van der Waals surface area (Å²) in [5.74, 6) is -1.27. The maximum atomic E-state index is 11.8. The number of rotatable bonds is 7. The first-order valence-electron chi connectivity index (χ1n) is 5.98. The quantitative estimate of drug-likeness (QED) is 0.770. The van der Waals surface area contributed by atoms with Crippen molar-refractivity contribution >= 4 is 27.3 Å². The van der Waals surface area contributed by atoms with E-state index in [2.05, 4.69) is 9.71 Å². The molecular formula is C11H16N2O4S2. The van der Waals surface area contributed by atoms with E-state index in [1.807, 2.05) is 6.92 Å². The van der Waals surface area contributed by atoms with Gasteiger partial charge in [-0.2, -0.15) is 0 Å². The molecule has 0 unspecified atom stereocenters. The Morgan fingerprint density at radius 3 is 2.89 bits per heavy atom. The van der Waals surface area contributed by atoms with Crippen molar-refractivity contribution in [3.8, 4) is 0 Å². The Hall–Kier alpha value is -0.990. The molecule has 0 bridgehead atoms. The lowest BCUT2D eigenvalue weighted by molar-refractivity contribution is -0.138. The van der Waals surface area contributed by atoms with Crippen molar-refractivity contribution in [3.63, 3.8) is 0 Å². The third-order valence-corrected chi connectivity index (χ3v) is 5.59. The maximum Gasteiger partial charge on any atom is 0.306 e. The van der Waals surface area contributed by atoms with Crippen molar-refractivity contribution in [1.29, 1.82) is 0 Å². The average molecular weight is 304 g/mol. The number of nitrogens with one attached hydrogen (secondary N) is 1. The SMILES string of the molecule is Cc1ncsc1CCS(=O)(=O)NC[C@@H]1C[C@H]1C(=O)O. The van der Waals surface area contributed by atoms with Gasteiger partial charge in [0.1, 0.15) is 0 Å². The number of thiazole rings is 1. The monoisotopic (exact) mass is 304 g/mol. The fourth-order valence-corrected chi connectivity index (χ4v) is 3.87. The number of hydrogen-bond donors (Lipinski definition) is 2. The van der Waals surface area contributed by atoms with Gasteiger partial charge in [0.25, 0.3) is 0 Å². The van der Waals surface area contributed by atoms with Crippen LogP contribution in [0, 0.1) is 18.8 Å². The number of hydrogen-bond acceptors (Lipinski definition) is 5. The van der Waals surface area contributed by atoms with E-state index in [1.54, 1.807) is 5.51 Å². The van der Waals surface area contributed by atoms with E-state index in [4.69, 9.17) is 5.11 Å². The van der Waals surface area contributed by atoms with Gasteiger partial charge >= 0.3 is 5.97 Å². The molecule has 1 saturated carbocycles. The fourth-order valence-electron chi connectivity index (χ4n) is 1.88. The highest BCUT2D eigenvalue weighted by Crippen LogP contribution is 2.37. The molecule has 1 fully saturated rings. The van der Waals surface area contributed by atoms with Crippen LogP contribution in [-0.2, 0) is 21.2 Å². The molecule has 0 spiro atoms. The molecule has 0 aliphatic heterocycles. The summed E-state index contributed by atoms with van der Waals surface area (Å²) in [5, 5.41) is 8.73. The number of aliphatic carboxylic acids is 1. The number of aryl methyl sites for hydroxylation is 2. The molecule has 1 aromatic heterocycles. The van der Waals surface area contributed by atoms with Crippen LogP contribution in [-0.4, -0.2) is 36.8 Å². The van der Waals surface area contributed by atoms with Crippen LogP contribution in [0.4, 0.5) is 0 Å². The zero-order valence-corrected chi connectivity index (χ0v) is 12.1. The first-order valence-corrected chi connectivity index (χ1v) is 8.51. The average Bonchev–Trinajstić information content (AvgIpc) is 3.01. The van der Waals surface area contributed by atoms with Crippen LogP contribution in [0.15, 0.2) is 5.51 Å². The summed E-state index contributed by atoms with van der Waals surface area (Å²) in [6.07, 6.45) is 1.00. The minimum absolute atomic E-state index is 0.0144. The zero-order chi connectivity index (χ0) is 14.0. The van der Waals surface area contributed by atoms with Crippen LogP contribution in [0.1, 0.15) is 17.0 Å². The van der Waals surface area contributed by atoms with E-state index < -0.39 is 16.0 Å². The second-order valence-corrected chi connectivity index (χ2v) is 7.58. The maximum absolute atomic E-state index is 11.8. The Labute approximate surface area is 115 Å². The number of carbonyl (C=O) groups is 1. The Morgan fingerprint density at radius 2 is 2.37 bits per heavy atom. The summed E-state index contributed by atoms with van der Waals surface area (Å²) >= 11 is 1.45. The number of carboxylic acids is 1. The van der Waals surface area contributed by atoms with Gasteiger partial charge in [-0.15, -0.1) is 11.3 Å². The molecule has 0 saturated heterocycles. The van der Waals surface area contributed by atoms with Gasteiger partial charge in [0.15, 0.2) is 0 Å². The lowest BCUT2D eigenvalue weighted by Gasteiger charge is -2.05. The van der Waals surface area contributed by atoms with Crippen molar-refractivity contribution in [2.24, 2.45) is 11.8 Å². The van der Waals surface area contributed by atoms with Crippen LogP contribution in [0.2, 0.25) is 0 Å². The van der Waals surface area contributed by atoms with Crippen molar-refractivity contribution < 1.29 is 18.3 Å². The molecule has 2 rings (SSSR count). The van der Waals surface area contributed by atoms with Crippen LogP contribution in [0.25, 0.3) is 0 Å². The van der Waals surface area contributed by atoms with Gasteiger partial charge in [-0.3, -0.25) is 4.79 Å². The Bertz CT molecular complexity index is 567. The molecule has 1 aliphatic rings. The highest BCUT2D eigenvalue weighted by molar-refractivity contribution is 7.89. The summed E-state index contributed by atoms with van der Waals surface area (Å²) < 4.78 is 26.0. The number of carboxylic acid groups (broad SMARTS) is 1. The zero-order valence-electron chi connectivity index (χ0n) is 10.5. The topological polar surface area (TPSA) is 96.4 Å². The van der Waals surface area contributed by atoms with E-state index in [1.165, 1.54) is 11.3 Å². The van der Waals surface area contributed by atoms with Gasteiger partial charge < -0.3 is 5.11 Å². The second-order valence-electron chi connectivity index (χ2n) is 4.72. The Kier molecular flexibility index (Phi) is 4.22. The highest BCUT2D eigenvalue weighted by Gasteiger charge is 2.43. The van der Waals surface area contributed by atoms with E-state index in [9.17, 15) is 13.2 Å². The first-order chi connectivity index (χ1) is 8.89. The van der Waals surface area contributed by atoms with Crippen LogP contribution >= 0.6 is 11.3 Å². The molecular weight excluding hydrogens is 288 g/mol. The number of nitrogens with zero attached hydrogens (tertiary/aromatic N) is 1. The molecule has 1 aliphatic carbocycles. The summed E-state index contributed by atoms with van der Waals surface area (Å²) in [6, 6.07) is 0. The van der Waals surface area contributed by atoms with Gasteiger partial charge in [0, 0.05) is 11.4 Å². The van der Waals surface area contributed by atoms with Gasteiger partial charge in [0.2, 0.25) is 10.0 Å². The molecule has 0 amide bonds. The van der Waals surface area contributed by atoms with E-state index in [0.29, 0.717) is 12.8 Å². The molecule has 0 aromatic carbocycles. The van der Waals surface area contributed by atoms with E-state index in [-0.39, 0.29) is 24.1 Å². The molecule has 6 nitrogen and oxygen atoms in total. The predicted octanol–water partition coefficient (Wildman–Crippen LogP) is 0.634. The lowest BCUT2D eigenvalue weighted by Crippen LogP contribution is -2.29. The van der Waals surface area contributed by atoms with Crippen LogP contribution in [0.5, 0.6) is 0 Å². The van der Waals surface area contributed by atoms with Crippen LogP contribution in [0.3, 0.4) is 0 Å². The standard InChI is InChI=1S/C11H16N2O4S2/c1-7-10(18-6-12-7)2-3-19(16,17)13-5-8-4-9(8)11(14)15/h6,8-9,13H,2-5H2,1H3,(H,14,15)/t8-,9+/m0/s1. The number of sulfonamides is 1.